The Morgan fingerprint density at radius 1 is 1.45 bits per heavy atom. The summed E-state index contributed by atoms with van der Waals surface area (Å²) in [5.74, 6) is 0. The molecule has 0 bridgehead atoms. The highest BCUT2D eigenvalue weighted by Gasteiger charge is 2.56. The lowest BCUT2D eigenvalue weighted by molar-refractivity contribution is -0.566. The highest BCUT2D eigenvalue weighted by Crippen LogP contribution is 2.40. The van der Waals surface area contributed by atoms with Crippen LogP contribution in [-0.4, -0.2) is 20.8 Å². The number of alkyl halides is 2. The number of azo groups is 1. The molecule has 1 rings (SSSR count). The molecule has 0 N–H and O–H groups in total. The van der Waals surface area contributed by atoms with Crippen molar-refractivity contribution in [2.75, 3.05) is 0 Å². The summed E-state index contributed by atoms with van der Waals surface area (Å²) in [6.07, 6.45) is 0. The normalized spacial score (nSPS) is 42.3. The molecule has 0 aromatic heterocycles. The number of hydrogen-bond donors (Lipinski definition) is 0. The molecule has 0 aromatic rings. The van der Waals surface area contributed by atoms with Gasteiger partial charge in [0, 0.05) is 6.92 Å². The van der Waals surface area contributed by atoms with E-state index in [1.54, 1.807) is 20.8 Å². The second kappa shape index (κ2) is 2.23. The molecule has 0 saturated carbocycles. The third-order valence-corrected chi connectivity index (χ3v) is 3.24. The molecule has 0 fully saturated rings. The molecule has 1 heterocycles. The van der Waals surface area contributed by atoms with Crippen molar-refractivity contribution in [3.8, 4) is 0 Å². The van der Waals surface area contributed by atoms with Crippen molar-refractivity contribution in [1.29, 1.82) is 0 Å². The monoisotopic (exact) mass is 196 g/mol. The molecule has 64 valence electrons. The van der Waals surface area contributed by atoms with Gasteiger partial charge >= 0.3 is 0 Å². The van der Waals surface area contributed by atoms with Gasteiger partial charge in [-0.2, -0.15) is 0 Å². The van der Waals surface area contributed by atoms with Crippen molar-refractivity contribution in [1.82, 2.24) is 0 Å². The van der Waals surface area contributed by atoms with E-state index >= 15 is 0 Å². The van der Waals surface area contributed by atoms with Gasteiger partial charge in [0.25, 0.3) is 5.00 Å². The fraction of sp³-hybridized carbons (Fsp3) is 1.00. The molecule has 5 heteroatoms. The maximum Gasteiger partial charge on any atom is 0.288 e. The van der Waals surface area contributed by atoms with Crippen LogP contribution in [0.15, 0.2) is 5.11 Å². The van der Waals surface area contributed by atoms with Gasteiger partial charge in [0.05, 0.1) is 0 Å². The first-order chi connectivity index (χ1) is 4.78. The van der Waals surface area contributed by atoms with Crippen molar-refractivity contribution >= 4 is 23.2 Å². The summed E-state index contributed by atoms with van der Waals surface area (Å²) >= 11 is 11.8. The van der Waals surface area contributed by atoms with Crippen molar-refractivity contribution in [2.24, 2.45) is 5.11 Å². The van der Waals surface area contributed by atoms with Gasteiger partial charge in [-0.05, 0) is 30.6 Å². The first-order valence-corrected chi connectivity index (χ1v) is 4.13. The van der Waals surface area contributed by atoms with Crippen LogP contribution in [0.4, 0.5) is 0 Å². The predicted molar refractivity (Wildman–Crippen MR) is 44.0 cm³/mol. The third kappa shape index (κ3) is 1.20. The molecule has 1 aliphatic rings. The van der Waals surface area contributed by atoms with Crippen molar-refractivity contribution in [3.63, 3.8) is 0 Å². The smallest absolute Gasteiger partial charge is 0.288 e. The van der Waals surface area contributed by atoms with E-state index in [0.717, 1.165) is 0 Å². The fourth-order valence-electron chi connectivity index (χ4n) is 1.12. The molecule has 2 unspecified atom stereocenters. The molecular weight excluding hydrogens is 187 g/mol. The standard InChI is InChI=1S/C6H10Cl2N2O/c1-5(2)4(7)6(3,8)10(11)9-5/h4H,1-3H3. The Labute approximate surface area is 75.6 Å². The van der Waals surface area contributed by atoms with Gasteiger partial charge in [0.15, 0.2) is 0 Å². The zero-order chi connectivity index (χ0) is 8.86. The first-order valence-electron chi connectivity index (χ1n) is 3.31. The predicted octanol–water partition coefficient (Wildman–Crippen LogP) is 2.30. The second-order valence-electron chi connectivity index (χ2n) is 3.41. The molecule has 0 radical (unpaired) electrons. The van der Waals surface area contributed by atoms with Gasteiger partial charge in [0.1, 0.15) is 10.9 Å². The van der Waals surface area contributed by atoms with Gasteiger partial charge in [0.2, 0.25) is 0 Å². The minimum Gasteiger partial charge on any atom is -0.598 e. The maximum absolute atomic E-state index is 11.1. The lowest BCUT2D eigenvalue weighted by Crippen LogP contribution is -2.40. The Morgan fingerprint density at radius 2 is 1.91 bits per heavy atom. The van der Waals surface area contributed by atoms with E-state index in [0.29, 0.717) is 4.86 Å². The van der Waals surface area contributed by atoms with Crippen LogP contribution in [0.25, 0.3) is 0 Å². The average Bonchev–Trinajstić information content (AvgIpc) is 1.94. The van der Waals surface area contributed by atoms with Crippen molar-refractivity contribution in [2.45, 2.75) is 36.7 Å². The van der Waals surface area contributed by atoms with Gasteiger partial charge in [-0.3, -0.25) is 0 Å². The van der Waals surface area contributed by atoms with E-state index in [9.17, 15) is 5.21 Å². The van der Waals surface area contributed by atoms with Crippen LogP contribution in [0.1, 0.15) is 20.8 Å². The summed E-state index contributed by atoms with van der Waals surface area (Å²) < 4.78 is 0. The molecule has 1 aliphatic heterocycles. The van der Waals surface area contributed by atoms with E-state index in [2.05, 4.69) is 5.11 Å². The molecule has 3 nitrogen and oxygen atoms in total. The Hall–Kier alpha value is -0.0200. The fourth-order valence-corrected chi connectivity index (χ4v) is 1.56. The van der Waals surface area contributed by atoms with E-state index in [-0.39, 0.29) is 0 Å². The molecule has 2 atom stereocenters. The van der Waals surface area contributed by atoms with Crippen LogP contribution in [0.3, 0.4) is 0 Å². The number of nitrogens with zero attached hydrogens (tertiary/aromatic N) is 2. The van der Waals surface area contributed by atoms with E-state index in [1.807, 2.05) is 0 Å². The molecule has 0 saturated heterocycles. The number of halogens is 2. The molecule has 0 amide bonds. The zero-order valence-electron chi connectivity index (χ0n) is 6.64. The van der Waals surface area contributed by atoms with Gasteiger partial charge < -0.3 is 5.21 Å². The molecule has 0 aliphatic carbocycles. The molecular formula is C6H10Cl2N2O. The van der Waals surface area contributed by atoms with E-state index in [1.165, 1.54) is 0 Å². The highest BCUT2D eigenvalue weighted by molar-refractivity contribution is 6.32. The first kappa shape index (κ1) is 9.07. The van der Waals surface area contributed by atoms with Gasteiger partial charge in [-0.15, -0.1) is 11.6 Å². The van der Waals surface area contributed by atoms with Crippen LogP contribution in [0, 0.1) is 5.21 Å². The number of hydrogen-bond acceptors (Lipinski definition) is 2. The SMILES string of the molecule is CC1(C)N=[N+]([O-])C(C)(Cl)C1Cl. The molecule has 0 aromatic carbocycles. The van der Waals surface area contributed by atoms with Crippen LogP contribution in [-0.2, 0) is 0 Å². The van der Waals surface area contributed by atoms with Crippen LogP contribution in [0.5, 0.6) is 0 Å². The largest absolute Gasteiger partial charge is 0.598 e. The maximum atomic E-state index is 11.1. The third-order valence-electron chi connectivity index (χ3n) is 1.81. The average molecular weight is 197 g/mol. The topological polar surface area (TPSA) is 38.4 Å². The Kier molecular flexibility index (Phi) is 1.84. The molecule has 11 heavy (non-hydrogen) atoms. The summed E-state index contributed by atoms with van der Waals surface area (Å²) in [5.41, 5.74) is -0.570. The van der Waals surface area contributed by atoms with Crippen LogP contribution < -0.4 is 0 Å². The number of hydroxylamine groups is 1. The summed E-state index contributed by atoms with van der Waals surface area (Å²) in [6.45, 7) is 5.13. The minimum atomic E-state index is -1.11. The summed E-state index contributed by atoms with van der Waals surface area (Å²) in [6, 6.07) is 0. The van der Waals surface area contributed by atoms with Crippen LogP contribution >= 0.6 is 23.2 Å². The Morgan fingerprint density at radius 3 is 2.00 bits per heavy atom. The lowest BCUT2D eigenvalue weighted by Gasteiger charge is -2.19. The minimum absolute atomic E-state index is 0.464. The van der Waals surface area contributed by atoms with E-state index < -0.39 is 15.9 Å². The Bertz CT molecular complexity index is 213. The second-order valence-corrected chi connectivity index (χ2v) is 4.61. The van der Waals surface area contributed by atoms with Gasteiger partial charge in [-0.1, -0.05) is 4.86 Å². The molecule has 0 spiro atoms. The zero-order valence-corrected chi connectivity index (χ0v) is 8.15. The summed E-state index contributed by atoms with van der Waals surface area (Å²) in [4.78, 5) is -0.628. The quantitative estimate of drug-likeness (QED) is 0.254. The number of rotatable bonds is 0. The van der Waals surface area contributed by atoms with E-state index in [4.69, 9.17) is 23.2 Å². The van der Waals surface area contributed by atoms with Crippen LogP contribution in [0.2, 0.25) is 0 Å². The lowest BCUT2D eigenvalue weighted by atomic mass is 9.98. The Balaban J connectivity index is 3.04. The summed E-state index contributed by atoms with van der Waals surface area (Å²) in [7, 11) is 0. The van der Waals surface area contributed by atoms with Crippen molar-refractivity contribution in [3.05, 3.63) is 5.21 Å². The van der Waals surface area contributed by atoms with Crippen molar-refractivity contribution < 1.29 is 4.86 Å². The highest BCUT2D eigenvalue weighted by atomic mass is 35.5. The van der Waals surface area contributed by atoms with Gasteiger partial charge in [-0.25, -0.2) is 0 Å². The summed E-state index contributed by atoms with van der Waals surface area (Å²) in [5, 5.41) is 14.4.